The third-order valence-electron chi connectivity index (χ3n) is 1.28. The molecule has 0 aliphatic rings. The second kappa shape index (κ2) is 3.02. The van der Waals surface area contributed by atoms with Gasteiger partial charge >= 0.3 is 0 Å². The molecule has 0 fully saturated rings. The van der Waals surface area contributed by atoms with Crippen molar-refractivity contribution in [3.05, 3.63) is 29.5 Å². The fourth-order valence-corrected chi connectivity index (χ4v) is 1.04. The van der Waals surface area contributed by atoms with Gasteiger partial charge in [0.1, 0.15) is 22.9 Å². The molecule has 0 bridgehead atoms. The molecule has 2 aromatic rings. The van der Waals surface area contributed by atoms with Crippen molar-refractivity contribution in [2.75, 3.05) is 0 Å². The minimum Gasteiger partial charge on any atom is -0.442 e. The molecule has 5 heteroatoms. The summed E-state index contributed by atoms with van der Waals surface area (Å²) in [6.45, 7) is 0. The van der Waals surface area contributed by atoms with Crippen molar-refractivity contribution in [3.8, 4) is 11.6 Å². The van der Waals surface area contributed by atoms with E-state index < -0.39 is 0 Å². The zero-order valence-corrected chi connectivity index (χ0v) is 7.52. The maximum absolute atomic E-state index is 5.10. The van der Waals surface area contributed by atoms with Gasteiger partial charge in [0.2, 0.25) is 5.89 Å². The van der Waals surface area contributed by atoms with Crippen LogP contribution in [0.3, 0.4) is 0 Å². The van der Waals surface area contributed by atoms with Gasteiger partial charge in [-0.1, -0.05) is 0 Å². The van der Waals surface area contributed by atoms with Crippen molar-refractivity contribution in [1.29, 1.82) is 0 Å². The van der Waals surface area contributed by atoms with E-state index in [1.807, 2.05) is 0 Å². The van der Waals surface area contributed by atoms with Crippen LogP contribution in [0, 0.1) is 0 Å². The van der Waals surface area contributed by atoms with Gasteiger partial charge in [-0.3, -0.25) is 0 Å². The summed E-state index contributed by atoms with van der Waals surface area (Å²) >= 11 is 3.18. The maximum Gasteiger partial charge on any atom is 0.246 e. The molecular formula is C7H4BrN3O. The molecule has 0 aliphatic carbocycles. The van der Waals surface area contributed by atoms with Crippen LogP contribution < -0.4 is 0 Å². The Morgan fingerprint density at radius 1 is 1.42 bits per heavy atom. The van der Waals surface area contributed by atoms with Gasteiger partial charge in [-0.25, -0.2) is 15.0 Å². The van der Waals surface area contributed by atoms with E-state index in [1.54, 1.807) is 12.3 Å². The van der Waals surface area contributed by atoms with Gasteiger partial charge in [0.05, 0.1) is 0 Å². The van der Waals surface area contributed by atoms with Gasteiger partial charge in [-0.15, -0.1) is 0 Å². The minimum absolute atomic E-state index is 0.490. The van der Waals surface area contributed by atoms with Crippen LogP contribution in [-0.4, -0.2) is 15.0 Å². The predicted octanol–water partition coefficient (Wildman–Crippen LogP) is 1.89. The quantitative estimate of drug-likeness (QED) is 0.744. The monoisotopic (exact) mass is 225 g/mol. The summed E-state index contributed by atoms with van der Waals surface area (Å²) in [6, 6.07) is 1.73. The molecule has 4 nitrogen and oxygen atoms in total. The highest BCUT2D eigenvalue weighted by molar-refractivity contribution is 9.10. The second-order valence-electron chi connectivity index (χ2n) is 2.07. The lowest BCUT2D eigenvalue weighted by Crippen LogP contribution is -1.82. The molecule has 0 aliphatic heterocycles. The largest absolute Gasteiger partial charge is 0.442 e. The molecule has 0 N–H and O–H groups in total. The molecule has 0 amide bonds. The second-order valence-corrected chi connectivity index (χ2v) is 2.88. The normalized spacial score (nSPS) is 10.1. The number of oxazole rings is 1. The highest BCUT2D eigenvalue weighted by Gasteiger charge is 2.04. The first kappa shape index (κ1) is 7.42. The molecule has 12 heavy (non-hydrogen) atoms. The van der Waals surface area contributed by atoms with Gasteiger partial charge in [0.15, 0.2) is 0 Å². The smallest absolute Gasteiger partial charge is 0.246 e. The molecule has 0 aromatic carbocycles. The average Bonchev–Trinajstić information content (AvgIpc) is 2.54. The van der Waals surface area contributed by atoms with E-state index in [0.29, 0.717) is 16.2 Å². The van der Waals surface area contributed by atoms with Crippen molar-refractivity contribution in [2.24, 2.45) is 0 Å². The predicted molar refractivity (Wildman–Crippen MR) is 45.2 cm³/mol. The summed E-state index contributed by atoms with van der Waals surface area (Å²) in [6.07, 6.45) is 4.60. The summed E-state index contributed by atoms with van der Waals surface area (Å²) in [7, 11) is 0. The Hall–Kier alpha value is -1.23. The van der Waals surface area contributed by atoms with Gasteiger partial charge in [-0.2, -0.15) is 0 Å². The van der Waals surface area contributed by atoms with Crippen LogP contribution in [0.15, 0.2) is 33.9 Å². The van der Waals surface area contributed by atoms with Crippen LogP contribution in [0.2, 0.25) is 0 Å². The Morgan fingerprint density at radius 2 is 2.33 bits per heavy atom. The van der Waals surface area contributed by atoms with Gasteiger partial charge in [0, 0.05) is 6.20 Å². The average molecular weight is 226 g/mol. The van der Waals surface area contributed by atoms with Crippen LogP contribution in [0.4, 0.5) is 0 Å². The number of nitrogens with zero attached hydrogens (tertiary/aromatic N) is 3. The molecule has 2 aromatic heterocycles. The van der Waals surface area contributed by atoms with E-state index in [-0.39, 0.29) is 0 Å². The summed E-state index contributed by atoms with van der Waals surface area (Å²) in [5.41, 5.74) is 0.677. The van der Waals surface area contributed by atoms with Crippen LogP contribution in [0.5, 0.6) is 0 Å². The van der Waals surface area contributed by atoms with E-state index in [2.05, 4.69) is 30.9 Å². The first-order chi connectivity index (χ1) is 5.86. The summed E-state index contributed by atoms with van der Waals surface area (Å²) < 4.78 is 5.77. The highest BCUT2D eigenvalue weighted by atomic mass is 79.9. The van der Waals surface area contributed by atoms with Gasteiger partial charge in [-0.05, 0) is 22.0 Å². The van der Waals surface area contributed by atoms with Crippen LogP contribution in [-0.2, 0) is 0 Å². The topological polar surface area (TPSA) is 51.8 Å². The molecule has 2 rings (SSSR count). The molecule has 0 radical (unpaired) electrons. The van der Waals surface area contributed by atoms with Gasteiger partial charge < -0.3 is 4.42 Å². The maximum atomic E-state index is 5.10. The summed E-state index contributed by atoms with van der Waals surface area (Å²) in [5, 5.41) is 0. The molecule has 0 saturated heterocycles. The number of rotatable bonds is 1. The molecule has 0 atom stereocenters. The minimum atomic E-state index is 0.490. The van der Waals surface area contributed by atoms with E-state index in [4.69, 9.17) is 4.42 Å². The summed E-state index contributed by atoms with van der Waals surface area (Å²) in [5.74, 6) is 0.490. The Labute approximate surface area is 76.8 Å². The van der Waals surface area contributed by atoms with Crippen molar-refractivity contribution < 1.29 is 4.42 Å². The number of halogens is 1. The molecule has 0 unspecified atom stereocenters. The number of hydrogen-bond donors (Lipinski definition) is 0. The molecule has 2 heterocycles. The fraction of sp³-hybridized carbons (Fsp3) is 0. The van der Waals surface area contributed by atoms with Crippen molar-refractivity contribution in [2.45, 2.75) is 0 Å². The fourth-order valence-electron chi connectivity index (χ4n) is 0.789. The zero-order valence-electron chi connectivity index (χ0n) is 5.94. The summed E-state index contributed by atoms with van der Waals surface area (Å²) in [4.78, 5) is 11.8. The Balaban J connectivity index is 2.45. The van der Waals surface area contributed by atoms with Crippen molar-refractivity contribution >= 4 is 15.9 Å². The third-order valence-corrected chi connectivity index (χ3v) is 1.64. The van der Waals surface area contributed by atoms with E-state index in [9.17, 15) is 0 Å². The lowest BCUT2D eigenvalue weighted by Gasteiger charge is -1.89. The molecule has 0 spiro atoms. The molecule has 60 valence electrons. The van der Waals surface area contributed by atoms with E-state index in [1.165, 1.54) is 12.6 Å². The number of aromatic nitrogens is 3. The van der Waals surface area contributed by atoms with Crippen LogP contribution in [0.1, 0.15) is 0 Å². The molecule has 0 saturated carbocycles. The standard InChI is InChI=1S/C7H4BrN3O/c8-6-3-12-7(11-6)5-1-2-9-4-10-5/h1-4H. The first-order valence-electron chi connectivity index (χ1n) is 3.23. The van der Waals surface area contributed by atoms with Crippen molar-refractivity contribution in [1.82, 2.24) is 15.0 Å². The Kier molecular flexibility index (Phi) is 1.87. The lowest BCUT2D eigenvalue weighted by molar-refractivity contribution is 0.571. The van der Waals surface area contributed by atoms with Gasteiger partial charge in [0.25, 0.3) is 0 Å². The highest BCUT2D eigenvalue weighted by Crippen LogP contribution is 2.17. The zero-order chi connectivity index (χ0) is 8.39. The van der Waals surface area contributed by atoms with E-state index in [0.717, 1.165) is 0 Å². The SMILES string of the molecule is Brc1coc(-c2ccncn2)n1. The molecular weight excluding hydrogens is 222 g/mol. The first-order valence-corrected chi connectivity index (χ1v) is 4.03. The lowest BCUT2D eigenvalue weighted by atomic mass is 10.4. The Bertz CT molecular complexity index is 373. The Morgan fingerprint density at radius 3 is 2.92 bits per heavy atom. The van der Waals surface area contributed by atoms with Crippen LogP contribution >= 0.6 is 15.9 Å². The number of hydrogen-bond acceptors (Lipinski definition) is 4. The van der Waals surface area contributed by atoms with Crippen LogP contribution in [0.25, 0.3) is 11.6 Å². The van der Waals surface area contributed by atoms with E-state index >= 15 is 0 Å². The third kappa shape index (κ3) is 1.35. The van der Waals surface area contributed by atoms with Crippen molar-refractivity contribution in [3.63, 3.8) is 0 Å².